The Morgan fingerprint density at radius 1 is 1.32 bits per heavy atom. The minimum absolute atomic E-state index is 0.200. The maximum Gasteiger partial charge on any atom is 0.265 e. The maximum absolute atomic E-state index is 11.9. The Kier molecular flexibility index (Phi) is 4.13. The molecule has 19 heavy (non-hydrogen) atoms. The fourth-order valence-electron chi connectivity index (χ4n) is 1.63. The van der Waals surface area contributed by atoms with Gasteiger partial charge in [-0.15, -0.1) is 0 Å². The molecule has 0 aliphatic rings. The van der Waals surface area contributed by atoms with Crippen LogP contribution >= 0.6 is 0 Å². The largest absolute Gasteiger partial charge is 0.481 e. The first-order valence-electron chi connectivity index (χ1n) is 6.09. The van der Waals surface area contributed by atoms with E-state index < -0.39 is 6.10 Å². The minimum atomic E-state index is -0.568. The van der Waals surface area contributed by atoms with Crippen LogP contribution in [0.15, 0.2) is 48.8 Å². The van der Waals surface area contributed by atoms with Gasteiger partial charge in [0, 0.05) is 6.20 Å². The summed E-state index contributed by atoms with van der Waals surface area (Å²) in [6.07, 6.45) is 2.68. The maximum atomic E-state index is 11.9. The average Bonchev–Trinajstić information content (AvgIpc) is 2.40. The Morgan fingerprint density at radius 3 is 2.84 bits per heavy atom. The number of nitrogens with one attached hydrogen (secondary N) is 1. The Morgan fingerprint density at radius 2 is 2.16 bits per heavy atom. The van der Waals surface area contributed by atoms with Crippen LogP contribution < -0.4 is 10.1 Å². The van der Waals surface area contributed by atoms with Gasteiger partial charge in [0.2, 0.25) is 0 Å². The number of hydrogen-bond donors (Lipinski definition) is 1. The molecule has 2 rings (SSSR count). The number of ether oxygens (including phenoxy) is 1. The number of carbonyl (C=O) groups is 1. The molecule has 1 aromatic carbocycles. The van der Waals surface area contributed by atoms with Crippen molar-refractivity contribution in [2.24, 2.45) is 0 Å². The highest BCUT2D eigenvalue weighted by Gasteiger charge is 2.14. The Balaban J connectivity index is 1.96. The number of hydrogen-bond acceptors (Lipinski definition) is 3. The van der Waals surface area contributed by atoms with E-state index in [4.69, 9.17) is 4.74 Å². The second-order valence-corrected chi connectivity index (χ2v) is 4.31. The predicted molar refractivity (Wildman–Crippen MR) is 74.1 cm³/mol. The van der Waals surface area contributed by atoms with E-state index in [1.54, 1.807) is 31.5 Å². The van der Waals surface area contributed by atoms with E-state index in [0.717, 1.165) is 5.56 Å². The summed E-state index contributed by atoms with van der Waals surface area (Å²) in [5, 5.41) is 2.75. The van der Waals surface area contributed by atoms with E-state index in [1.165, 1.54) is 0 Å². The normalized spacial score (nSPS) is 11.7. The third-order valence-corrected chi connectivity index (χ3v) is 2.60. The topological polar surface area (TPSA) is 51.2 Å². The van der Waals surface area contributed by atoms with Gasteiger partial charge in [-0.3, -0.25) is 9.78 Å². The molecule has 4 heteroatoms. The van der Waals surface area contributed by atoms with Crippen molar-refractivity contribution < 1.29 is 9.53 Å². The van der Waals surface area contributed by atoms with Crippen LogP contribution in [0.25, 0.3) is 0 Å². The highest BCUT2D eigenvalue weighted by atomic mass is 16.5. The van der Waals surface area contributed by atoms with Crippen LogP contribution in [0.4, 0.5) is 5.69 Å². The molecule has 0 fully saturated rings. The van der Waals surface area contributed by atoms with Crippen molar-refractivity contribution in [1.29, 1.82) is 0 Å². The molecule has 1 atom stereocenters. The van der Waals surface area contributed by atoms with Crippen LogP contribution in [0.3, 0.4) is 0 Å². The molecular weight excluding hydrogens is 240 g/mol. The molecule has 0 bridgehead atoms. The summed E-state index contributed by atoms with van der Waals surface area (Å²) in [4.78, 5) is 15.9. The summed E-state index contributed by atoms with van der Waals surface area (Å²) >= 11 is 0. The van der Waals surface area contributed by atoms with Crippen molar-refractivity contribution in [2.75, 3.05) is 5.32 Å². The average molecular weight is 256 g/mol. The lowest BCUT2D eigenvalue weighted by atomic mass is 10.2. The number of aromatic nitrogens is 1. The molecule has 0 radical (unpaired) electrons. The number of rotatable bonds is 4. The number of pyridine rings is 1. The molecule has 2 aromatic rings. The summed E-state index contributed by atoms with van der Waals surface area (Å²) in [5.41, 5.74) is 1.75. The number of nitrogens with zero attached hydrogens (tertiary/aromatic N) is 1. The molecule has 0 saturated heterocycles. The van der Waals surface area contributed by atoms with Gasteiger partial charge in [-0.2, -0.15) is 0 Å². The van der Waals surface area contributed by atoms with Crippen LogP contribution in [0.2, 0.25) is 0 Å². The monoisotopic (exact) mass is 256 g/mol. The van der Waals surface area contributed by atoms with Crippen LogP contribution in [0.1, 0.15) is 12.5 Å². The fraction of sp³-hybridized carbons (Fsp3) is 0.200. The quantitative estimate of drug-likeness (QED) is 0.915. The summed E-state index contributed by atoms with van der Waals surface area (Å²) in [5.74, 6) is 0.489. The van der Waals surface area contributed by atoms with E-state index >= 15 is 0 Å². The zero-order chi connectivity index (χ0) is 13.7. The van der Waals surface area contributed by atoms with Gasteiger partial charge in [0.25, 0.3) is 5.91 Å². The molecule has 4 nitrogen and oxygen atoms in total. The second-order valence-electron chi connectivity index (χ2n) is 4.31. The number of benzene rings is 1. The van der Waals surface area contributed by atoms with Crippen molar-refractivity contribution in [2.45, 2.75) is 20.0 Å². The third kappa shape index (κ3) is 3.81. The molecule has 0 aliphatic carbocycles. The third-order valence-electron chi connectivity index (χ3n) is 2.60. The van der Waals surface area contributed by atoms with Gasteiger partial charge in [0.15, 0.2) is 6.10 Å². The zero-order valence-electron chi connectivity index (χ0n) is 11.0. The number of amides is 1. The summed E-state index contributed by atoms with van der Waals surface area (Å²) in [6, 6.07) is 11.2. The second kappa shape index (κ2) is 6.00. The van der Waals surface area contributed by atoms with Crippen molar-refractivity contribution in [1.82, 2.24) is 4.98 Å². The van der Waals surface area contributed by atoms with Gasteiger partial charge >= 0.3 is 0 Å². The highest BCUT2D eigenvalue weighted by Crippen LogP contribution is 2.15. The molecule has 0 aliphatic heterocycles. The van der Waals surface area contributed by atoms with Crippen LogP contribution in [-0.2, 0) is 4.79 Å². The minimum Gasteiger partial charge on any atom is -0.481 e. The number of anilines is 1. The van der Waals surface area contributed by atoms with Crippen molar-refractivity contribution in [3.8, 4) is 5.75 Å². The van der Waals surface area contributed by atoms with E-state index in [9.17, 15) is 4.79 Å². The standard InChI is InChI=1S/C15H16N2O2/c1-11-5-3-7-14(9-11)19-12(2)15(18)17-13-6-4-8-16-10-13/h3-10,12H,1-2H3,(H,17,18)/t12-/m1/s1. The van der Waals surface area contributed by atoms with Gasteiger partial charge in [0.05, 0.1) is 11.9 Å². The van der Waals surface area contributed by atoms with Gasteiger partial charge in [-0.25, -0.2) is 0 Å². The predicted octanol–water partition coefficient (Wildman–Crippen LogP) is 2.80. The van der Waals surface area contributed by atoms with E-state index in [1.807, 2.05) is 31.2 Å². The van der Waals surface area contributed by atoms with Crippen LogP contribution in [0.5, 0.6) is 5.75 Å². The van der Waals surface area contributed by atoms with Gasteiger partial charge < -0.3 is 10.1 Å². The lowest BCUT2D eigenvalue weighted by molar-refractivity contribution is -0.122. The number of carbonyl (C=O) groups excluding carboxylic acids is 1. The van der Waals surface area contributed by atoms with Crippen molar-refractivity contribution in [3.05, 3.63) is 54.4 Å². The Hall–Kier alpha value is -2.36. The van der Waals surface area contributed by atoms with Gasteiger partial charge in [0.1, 0.15) is 5.75 Å². The first-order chi connectivity index (χ1) is 9.15. The molecule has 1 amide bonds. The Labute approximate surface area is 112 Å². The molecule has 1 aromatic heterocycles. The highest BCUT2D eigenvalue weighted by molar-refractivity contribution is 5.93. The smallest absolute Gasteiger partial charge is 0.265 e. The molecule has 98 valence electrons. The SMILES string of the molecule is Cc1cccc(O[C@H](C)C(=O)Nc2cccnc2)c1. The fourth-order valence-corrected chi connectivity index (χ4v) is 1.63. The first-order valence-corrected chi connectivity index (χ1v) is 6.09. The lowest BCUT2D eigenvalue weighted by Gasteiger charge is -2.14. The molecule has 0 spiro atoms. The van der Waals surface area contributed by atoms with E-state index in [2.05, 4.69) is 10.3 Å². The van der Waals surface area contributed by atoms with Gasteiger partial charge in [-0.1, -0.05) is 12.1 Å². The van der Waals surface area contributed by atoms with E-state index in [0.29, 0.717) is 11.4 Å². The molecule has 1 N–H and O–H groups in total. The van der Waals surface area contributed by atoms with Crippen molar-refractivity contribution in [3.63, 3.8) is 0 Å². The molecule has 1 heterocycles. The van der Waals surface area contributed by atoms with Gasteiger partial charge in [-0.05, 0) is 43.7 Å². The molecule has 0 saturated carbocycles. The zero-order valence-corrected chi connectivity index (χ0v) is 11.0. The van der Waals surface area contributed by atoms with E-state index in [-0.39, 0.29) is 5.91 Å². The summed E-state index contributed by atoms with van der Waals surface area (Å²) in [7, 11) is 0. The summed E-state index contributed by atoms with van der Waals surface area (Å²) in [6.45, 7) is 3.70. The number of aryl methyl sites for hydroxylation is 1. The summed E-state index contributed by atoms with van der Waals surface area (Å²) < 4.78 is 5.60. The molecular formula is C15H16N2O2. The van der Waals surface area contributed by atoms with Crippen LogP contribution in [-0.4, -0.2) is 17.0 Å². The first kappa shape index (κ1) is 13.1. The van der Waals surface area contributed by atoms with Crippen molar-refractivity contribution >= 4 is 11.6 Å². The molecule has 0 unspecified atom stereocenters. The van der Waals surface area contributed by atoms with Crippen LogP contribution in [0, 0.1) is 6.92 Å². The lowest BCUT2D eigenvalue weighted by Crippen LogP contribution is -2.30. The Bertz CT molecular complexity index is 555.